The first-order chi connectivity index (χ1) is 5.79. The molecular formula is C8H13NO3. The topological polar surface area (TPSA) is 58.6 Å². The van der Waals surface area contributed by atoms with E-state index in [0.717, 1.165) is 19.2 Å². The van der Waals surface area contributed by atoms with Crippen molar-refractivity contribution in [1.82, 2.24) is 5.32 Å². The van der Waals surface area contributed by atoms with Gasteiger partial charge in [0.25, 0.3) is 0 Å². The predicted octanol–water partition coefficient (Wildman–Crippen LogP) is 0.00570. The Morgan fingerprint density at radius 2 is 2.58 bits per heavy atom. The van der Waals surface area contributed by atoms with Gasteiger partial charge in [0.1, 0.15) is 0 Å². The third-order valence-corrected chi connectivity index (χ3v) is 1.66. The summed E-state index contributed by atoms with van der Waals surface area (Å²) >= 11 is 0. The van der Waals surface area contributed by atoms with Gasteiger partial charge in [-0.05, 0) is 6.42 Å². The quantitative estimate of drug-likeness (QED) is 0.587. The minimum atomic E-state index is -0.904. The highest BCUT2D eigenvalue weighted by Gasteiger charge is 2.10. The van der Waals surface area contributed by atoms with E-state index in [2.05, 4.69) is 5.32 Å². The van der Waals surface area contributed by atoms with Gasteiger partial charge in [-0.3, -0.25) is 0 Å². The van der Waals surface area contributed by atoms with E-state index in [1.165, 1.54) is 0 Å². The van der Waals surface area contributed by atoms with Gasteiger partial charge >= 0.3 is 5.97 Å². The molecule has 0 amide bonds. The molecule has 1 aliphatic heterocycles. The van der Waals surface area contributed by atoms with Gasteiger partial charge in [-0.15, -0.1) is 0 Å². The van der Waals surface area contributed by atoms with E-state index in [1.54, 1.807) is 6.08 Å². The number of carboxylic acids is 1. The molecule has 1 heterocycles. The molecule has 0 spiro atoms. The van der Waals surface area contributed by atoms with Crippen molar-refractivity contribution in [3.8, 4) is 0 Å². The van der Waals surface area contributed by atoms with Crippen LogP contribution in [-0.4, -0.2) is 36.9 Å². The van der Waals surface area contributed by atoms with Crippen molar-refractivity contribution in [2.75, 3.05) is 19.7 Å². The summed E-state index contributed by atoms with van der Waals surface area (Å²) in [5, 5.41) is 11.5. The number of morpholine rings is 1. The average Bonchev–Trinajstić information content (AvgIpc) is 2.05. The van der Waals surface area contributed by atoms with Crippen molar-refractivity contribution in [1.29, 1.82) is 0 Å². The Morgan fingerprint density at radius 1 is 1.75 bits per heavy atom. The summed E-state index contributed by atoms with van der Waals surface area (Å²) < 4.78 is 5.35. The molecule has 1 aliphatic rings. The summed E-state index contributed by atoms with van der Waals surface area (Å²) in [6.45, 7) is 2.41. The van der Waals surface area contributed by atoms with E-state index < -0.39 is 5.97 Å². The lowest BCUT2D eigenvalue weighted by Gasteiger charge is -2.22. The molecule has 0 aromatic heterocycles. The molecule has 0 aromatic carbocycles. The molecule has 1 fully saturated rings. The van der Waals surface area contributed by atoms with E-state index >= 15 is 0 Å². The summed E-state index contributed by atoms with van der Waals surface area (Å²) in [4.78, 5) is 10.1. The molecule has 2 N–H and O–H groups in total. The van der Waals surface area contributed by atoms with Crippen LogP contribution in [0.2, 0.25) is 0 Å². The van der Waals surface area contributed by atoms with Crippen molar-refractivity contribution in [3.63, 3.8) is 0 Å². The molecule has 68 valence electrons. The molecule has 0 saturated carbocycles. The van der Waals surface area contributed by atoms with E-state index in [1.807, 2.05) is 0 Å². The first-order valence-electron chi connectivity index (χ1n) is 4.01. The lowest BCUT2D eigenvalue weighted by Crippen LogP contribution is -2.38. The minimum absolute atomic E-state index is 0.134. The van der Waals surface area contributed by atoms with Gasteiger partial charge in [0.05, 0.1) is 12.7 Å². The zero-order chi connectivity index (χ0) is 8.81. The molecule has 1 rings (SSSR count). The van der Waals surface area contributed by atoms with Crippen molar-refractivity contribution >= 4 is 5.97 Å². The summed E-state index contributed by atoms with van der Waals surface area (Å²) in [6, 6.07) is 0. The third-order valence-electron chi connectivity index (χ3n) is 1.66. The van der Waals surface area contributed by atoms with Crippen molar-refractivity contribution < 1.29 is 14.6 Å². The fraction of sp³-hybridized carbons (Fsp3) is 0.625. The minimum Gasteiger partial charge on any atom is -0.478 e. The van der Waals surface area contributed by atoms with Crippen LogP contribution in [-0.2, 0) is 9.53 Å². The first kappa shape index (κ1) is 9.22. The number of ether oxygens (including phenoxy) is 1. The molecule has 0 radical (unpaired) electrons. The van der Waals surface area contributed by atoms with Crippen molar-refractivity contribution in [2.24, 2.45) is 0 Å². The van der Waals surface area contributed by atoms with Gasteiger partial charge in [0, 0.05) is 19.2 Å². The Kier molecular flexibility index (Phi) is 3.76. The van der Waals surface area contributed by atoms with Crippen LogP contribution in [0.1, 0.15) is 6.42 Å². The second kappa shape index (κ2) is 4.90. The Balaban J connectivity index is 2.17. The van der Waals surface area contributed by atoms with Gasteiger partial charge in [0.2, 0.25) is 0 Å². The van der Waals surface area contributed by atoms with Crippen molar-refractivity contribution in [2.45, 2.75) is 12.5 Å². The molecule has 4 nitrogen and oxygen atoms in total. The Hall–Kier alpha value is -0.870. The van der Waals surface area contributed by atoms with Crippen LogP contribution in [0.5, 0.6) is 0 Å². The zero-order valence-electron chi connectivity index (χ0n) is 6.82. The second-order valence-electron chi connectivity index (χ2n) is 2.67. The first-order valence-corrected chi connectivity index (χ1v) is 4.01. The summed E-state index contributed by atoms with van der Waals surface area (Å²) in [5.41, 5.74) is 0. The fourth-order valence-corrected chi connectivity index (χ4v) is 1.09. The summed E-state index contributed by atoms with van der Waals surface area (Å²) in [5.74, 6) is -0.904. The monoisotopic (exact) mass is 171 g/mol. The molecule has 4 heteroatoms. The van der Waals surface area contributed by atoms with Crippen LogP contribution < -0.4 is 5.32 Å². The van der Waals surface area contributed by atoms with E-state index in [0.29, 0.717) is 13.0 Å². The lowest BCUT2D eigenvalue weighted by molar-refractivity contribution is -0.131. The van der Waals surface area contributed by atoms with Crippen LogP contribution in [0.3, 0.4) is 0 Å². The molecule has 12 heavy (non-hydrogen) atoms. The number of carbonyl (C=O) groups is 1. The molecule has 1 saturated heterocycles. The predicted molar refractivity (Wildman–Crippen MR) is 44.0 cm³/mol. The maximum Gasteiger partial charge on any atom is 0.327 e. The van der Waals surface area contributed by atoms with Crippen LogP contribution in [0.25, 0.3) is 0 Å². The average molecular weight is 171 g/mol. The van der Waals surface area contributed by atoms with E-state index in [9.17, 15) is 4.79 Å². The summed E-state index contributed by atoms with van der Waals surface area (Å²) in [7, 11) is 0. The maximum atomic E-state index is 10.1. The maximum absolute atomic E-state index is 10.1. The zero-order valence-corrected chi connectivity index (χ0v) is 6.82. The van der Waals surface area contributed by atoms with Crippen LogP contribution in [0.4, 0.5) is 0 Å². The highest BCUT2D eigenvalue weighted by molar-refractivity contribution is 5.79. The molecule has 0 aromatic rings. The lowest BCUT2D eigenvalue weighted by atomic mass is 10.2. The van der Waals surface area contributed by atoms with E-state index in [4.69, 9.17) is 9.84 Å². The molecule has 1 atom stereocenters. The molecular weight excluding hydrogens is 158 g/mol. The Morgan fingerprint density at radius 3 is 3.17 bits per heavy atom. The van der Waals surface area contributed by atoms with Crippen LogP contribution in [0.15, 0.2) is 12.2 Å². The SMILES string of the molecule is O=C(O)C=CCC1CNCCO1. The Labute approximate surface area is 71.2 Å². The van der Waals surface area contributed by atoms with Gasteiger partial charge in [-0.2, -0.15) is 0 Å². The molecule has 1 unspecified atom stereocenters. The fourth-order valence-electron chi connectivity index (χ4n) is 1.09. The second-order valence-corrected chi connectivity index (χ2v) is 2.67. The smallest absolute Gasteiger partial charge is 0.327 e. The number of hydrogen-bond donors (Lipinski definition) is 2. The van der Waals surface area contributed by atoms with E-state index in [-0.39, 0.29) is 6.10 Å². The van der Waals surface area contributed by atoms with Gasteiger partial charge in [-0.1, -0.05) is 6.08 Å². The largest absolute Gasteiger partial charge is 0.478 e. The standard InChI is InChI=1S/C8H13NO3/c10-8(11)3-1-2-7-6-9-4-5-12-7/h1,3,7,9H,2,4-6H2,(H,10,11). The number of rotatable bonds is 3. The highest BCUT2D eigenvalue weighted by atomic mass is 16.5. The number of hydrogen-bond acceptors (Lipinski definition) is 3. The van der Waals surface area contributed by atoms with Crippen molar-refractivity contribution in [3.05, 3.63) is 12.2 Å². The number of nitrogens with one attached hydrogen (secondary N) is 1. The van der Waals surface area contributed by atoms with Gasteiger partial charge in [0.15, 0.2) is 0 Å². The van der Waals surface area contributed by atoms with Gasteiger partial charge in [-0.25, -0.2) is 4.79 Å². The van der Waals surface area contributed by atoms with Crippen LogP contribution >= 0.6 is 0 Å². The normalized spacial score (nSPS) is 24.5. The molecule has 0 aliphatic carbocycles. The molecule has 0 bridgehead atoms. The summed E-state index contributed by atoms with van der Waals surface area (Å²) in [6.07, 6.45) is 3.58. The highest BCUT2D eigenvalue weighted by Crippen LogP contribution is 2.01. The number of carboxylic acid groups (broad SMARTS) is 1. The Bertz CT molecular complexity index is 173. The number of aliphatic carboxylic acids is 1. The van der Waals surface area contributed by atoms with Gasteiger partial charge < -0.3 is 15.2 Å². The third kappa shape index (κ3) is 3.50. The van der Waals surface area contributed by atoms with Crippen LogP contribution in [0, 0.1) is 0 Å².